The lowest BCUT2D eigenvalue weighted by atomic mass is 9.94. The first-order chi connectivity index (χ1) is 38.4. The minimum absolute atomic E-state index is 0.0309. The third-order valence-corrected chi connectivity index (χ3v) is 14.8. The van der Waals surface area contributed by atoms with Crippen molar-refractivity contribution in [3.63, 3.8) is 0 Å². The summed E-state index contributed by atoms with van der Waals surface area (Å²) < 4.78 is 0. The Bertz CT molecular complexity index is 2160. The summed E-state index contributed by atoms with van der Waals surface area (Å²) in [5.41, 5.74) is 0. The van der Waals surface area contributed by atoms with Crippen molar-refractivity contribution in [2.75, 3.05) is 82.6 Å². The highest BCUT2D eigenvalue weighted by molar-refractivity contribution is 5.97. The summed E-state index contributed by atoms with van der Waals surface area (Å²) >= 11 is 0. The number of amides is 11. The van der Waals surface area contributed by atoms with Gasteiger partial charge in [0, 0.05) is 55.8 Å². The highest BCUT2D eigenvalue weighted by Crippen LogP contribution is 2.22. The fourth-order valence-corrected chi connectivity index (χ4v) is 9.39. The molecule has 0 aliphatic carbocycles. The van der Waals surface area contributed by atoms with Crippen LogP contribution in [0.1, 0.15) is 148 Å². The second kappa shape index (κ2) is 37.9. The molecule has 0 aliphatic heterocycles. The van der Waals surface area contributed by atoms with Crippen LogP contribution in [0.15, 0.2) is 0 Å². The first-order valence-electron chi connectivity index (χ1n) is 29.5. The number of nitrogens with zero attached hydrogens (tertiary/aromatic N) is 7. The molecule has 0 bridgehead atoms. The maximum absolute atomic E-state index is 14.3. The predicted octanol–water partition coefficient (Wildman–Crippen LogP) is 1.88. The summed E-state index contributed by atoms with van der Waals surface area (Å²) in [6, 6.07) is -7.56. The normalized spacial score (nSPS) is 14.7. The van der Waals surface area contributed by atoms with Crippen molar-refractivity contribution in [2.45, 2.75) is 196 Å². The van der Waals surface area contributed by atoms with Crippen LogP contribution in [0.2, 0.25) is 0 Å². The second-order valence-corrected chi connectivity index (χ2v) is 24.6. The van der Waals surface area contributed by atoms with Crippen molar-refractivity contribution in [3.05, 3.63) is 0 Å². The molecule has 83 heavy (non-hydrogen) atoms. The van der Waals surface area contributed by atoms with Crippen molar-refractivity contribution in [2.24, 2.45) is 29.6 Å². The highest BCUT2D eigenvalue weighted by Gasteiger charge is 2.39. The molecular weight excluding hydrogens is 1070 g/mol. The van der Waals surface area contributed by atoms with Crippen LogP contribution in [0.25, 0.3) is 0 Å². The first-order valence-corrected chi connectivity index (χ1v) is 29.5. The van der Waals surface area contributed by atoms with Crippen molar-refractivity contribution >= 4 is 71.3 Å². The molecule has 0 aromatic carbocycles. The molecule has 0 aliphatic rings. The standard InChI is InChI=1S/C59H108N12O12/c1-36(2)28-45(55(79)64-52(39(7)8)59(83)66(16)33-49(74)63-42(11)53(77)62-41(10)35-72)70(20)56(80)43(12)68(18)50(75)32-61-54(78)46(31-40(9)26-24-22-23-25-27-60-44(13)73)69(19)51(76)34-67(17)57(81)48(30-38(5)6)71(21)58(82)47(65(14)15)29-37(3)4/h35-43,45-48,52H,22-34H2,1-21H3,(H,60,73)(H,61,78)(H,62,77)(H,63,74)(H,64,79)/t40-,41-,42+,43?,45+,46?,47+,48+,52?/m1/s1. The minimum Gasteiger partial charge on any atom is -0.356 e. The van der Waals surface area contributed by atoms with E-state index in [-0.39, 0.29) is 48.3 Å². The molecule has 0 saturated carbocycles. The molecule has 0 aromatic heterocycles. The zero-order chi connectivity index (χ0) is 64.3. The van der Waals surface area contributed by atoms with Crippen LogP contribution in [0.5, 0.6) is 0 Å². The average molecular weight is 1180 g/mol. The number of unbranched alkanes of at least 4 members (excludes halogenated alkanes) is 3. The maximum Gasteiger partial charge on any atom is 0.245 e. The van der Waals surface area contributed by atoms with E-state index in [4.69, 9.17) is 0 Å². The number of hydrogen-bond acceptors (Lipinski definition) is 13. The zero-order valence-corrected chi connectivity index (χ0v) is 54.3. The van der Waals surface area contributed by atoms with Gasteiger partial charge in [0.05, 0.1) is 31.7 Å². The molecule has 0 radical (unpaired) electrons. The van der Waals surface area contributed by atoms with Gasteiger partial charge in [-0.05, 0) is 96.6 Å². The summed E-state index contributed by atoms with van der Waals surface area (Å²) in [5.74, 6) is -6.06. The van der Waals surface area contributed by atoms with Gasteiger partial charge in [0.25, 0.3) is 0 Å². The number of nitrogens with one attached hydrogen (secondary N) is 5. The molecule has 24 nitrogen and oxygen atoms in total. The average Bonchev–Trinajstić information content (AvgIpc) is 3.55. The molecule has 9 atom stereocenters. The Kier molecular flexibility index (Phi) is 35.1. The number of carbonyl (C=O) groups is 12. The Hall–Kier alpha value is -6.20. The third kappa shape index (κ3) is 27.4. The Morgan fingerprint density at radius 1 is 0.458 bits per heavy atom. The van der Waals surface area contributed by atoms with Crippen molar-refractivity contribution in [1.29, 1.82) is 0 Å². The van der Waals surface area contributed by atoms with Crippen LogP contribution >= 0.6 is 0 Å². The van der Waals surface area contributed by atoms with E-state index < -0.39 is 127 Å². The highest BCUT2D eigenvalue weighted by atomic mass is 16.2. The summed E-state index contributed by atoms with van der Waals surface area (Å²) in [6.07, 6.45) is 5.99. The fraction of sp³-hybridized carbons (Fsp3) is 0.797. The largest absolute Gasteiger partial charge is 0.356 e. The van der Waals surface area contributed by atoms with Gasteiger partial charge in [-0.15, -0.1) is 0 Å². The number of rotatable bonds is 38. The minimum atomic E-state index is -1.14. The maximum atomic E-state index is 14.3. The Labute approximate surface area is 496 Å². The van der Waals surface area contributed by atoms with Gasteiger partial charge >= 0.3 is 0 Å². The molecule has 0 spiro atoms. The van der Waals surface area contributed by atoms with Crippen LogP contribution in [-0.2, 0) is 57.5 Å². The first kappa shape index (κ1) is 76.8. The lowest BCUT2D eigenvalue weighted by molar-refractivity contribution is -0.150. The smallest absolute Gasteiger partial charge is 0.245 e. The number of hydrogen-bond donors (Lipinski definition) is 5. The van der Waals surface area contributed by atoms with Gasteiger partial charge in [0.2, 0.25) is 65.0 Å². The van der Waals surface area contributed by atoms with Crippen LogP contribution in [0, 0.1) is 29.6 Å². The van der Waals surface area contributed by atoms with E-state index in [2.05, 4.69) is 26.6 Å². The molecule has 0 saturated heterocycles. The number of carbonyl (C=O) groups excluding carboxylic acids is 12. The van der Waals surface area contributed by atoms with Gasteiger partial charge < -0.3 is 60.8 Å². The van der Waals surface area contributed by atoms with E-state index in [1.165, 1.54) is 82.5 Å². The van der Waals surface area contributed by atoms with Gasteiger partial charge in [0.15, 0.2) is 0 Å². The molecule has 24 heteroatoms. The molecular formula is C59H108N12O12. The quantitative estimate of drug-likeness (QED) is 0.0437. The molecule has 0 heterocycles. The van der Waals surface area contributed by atoms with E-state index >= 15 is 0 Å². The number of likely N-dealkylation sites (N-methyl/N-ethyl adjacent to an activating group) is 7. The summed E-state index contributed by atoms with van der Waals surface area (Å²) in [6.45, 7) is 22.1. The third-order valence-electron chi connectivity index (χ3n) is 14.8. The Morgan fingerprint density at radius 2 is 0.964 bits per heavy atom. The van der Waals surface area contributed by atoms with E-state index in [1.807, 2.05) is 67.5 Å². The SMILES string of the molecule is CC(=O)NCCCCCC[C@@H](C)CC(C(=O)NCC(=O)N(C)C(C)C(=O)N(C)[C@@H](CC(C)C)C(=O)NC(C(=O)N(C)CC(=O)N[C@@H](C)C(=O)N[C@H](C)C=O)C(C)C)N(C)C(=O)CN(C)C(=O)[C@H](CC(C)C)N(C)C(=O)[C@H](CC(C)C)N(C)C. The summed E-state index contributed by atoms with van der Waals surface area (Å²) in [4.78, 5) is 170. The lowest BCUT2D eigenvalue weighted by Gasteiger charge is -2.36. The lowest BCUT2D eigenvalue weighted by Crippen LogP contribution is -2.59. The van der Waals surface area contributed by atoms with Crippen LogP contribution in [0.4, 0.5) is 0 Å². The van der Waals surface area contributed by atoms with Gasteiger partial charge in [-0.25, -0.2) is 0 Å². The van der Waals surface area contributed by atoms with Gasteiger partial charge in [-0.1, -0.05) is 88.0 Å². The zero-order valence-electron chi connectivity index (χ0n) is 54.3. The van der Waals surface area contributed by atoms with Gasteiger partial charge in [0.1, 0.15) is 42.5 Å². The number of aldehydes is 1. The Balaban J connectivity index is 6.49. The Morgan fingerprint density at radius 3 is 1.48 bits per heavy atom. The topological polar surface area (TPSA) is 288 Å². The molecule has 5 N–H and O–H groups in total. The van der Waals surface area contributed by atoms with E-state index in [9.17, 15) is 57.5 Å². The molecule has 0 rings (SSSR count). The van der Waals surface area contributed by atoms with Crippen molar-refractivity contribution in [3.8, 4) is 0 Å². The molecule has 3 unspecified atom stereocenters. The monoisotopic (exact) mass is 1180 g/mol. The predicted molar refractivity (Wildman–Crippen MR) is 320 cm³/mol. The summed E-state index contributed by atoms with van der Waals surface area (Å²) in [5, 5.41) is 13.2. The van der Waals surface area contributed by atoms with E-state index in [1.54, 1.807) is 20.9 Å². The van der Waals surface area contributed by atoms with Gasteiger partial charge in [-0.3, -0.25) is 57.6 Å². The fourth-order valence-electron chi connectivity index (χ4n) is 9.39. The molecule has 0 aromatic rings. The van der Waals surface area contributed by atoms with Crippen LogP contribution in [-0.4, -0.2) is 236 Å². The second-order valence-electron chi connectivity index (χ2n) is 24.6. The van der Waals surface area contributed by atoms with Crippen molar-refractivity contribution in [1.82, 2.24) is 60.9 Å². The van der Waals surface area contributed by atoms with E-state index in [0.29, 0.717) is 32.1 Å². The molecule has 11 amide bonds. The van der Waals surface area contributed by atoms with Crippen LogP contribution in [0.3, 0.4) is 0 Å². The van der Waals surface area contributed by atoms with Crippen molar-refractivity contribution < 1.29 is 57.5 Å². The van der Waals surface area contributed by atoms with Gasteiger partial charge in [-0.2, -0.15) is 0 Å². The van der Waals surface area contributed by atoms with Crippen LogP contribution < -0.4 is 26.6 Å². The van der Waals surface area contributed by atoms with E-state index in [0.717, 1.165) is 35.5 Å². The molecule has 476 valence electrons. The molecule has 0 fully saturated rings. The summed E-state index contributed by atoms with van der Waals surface area (Å²) in [7, 11) is 12.4.